The second kappa shape index (κ2) is 6.91. The van der Waals surface area contributed by atoms with Gasteiger partial charge in [-0.3, -0.25) is 0 Å². The Labute approximate surface area is 113 Å². The highest BCUT2D eigenvalue weighted by Crippen LogP contribution is 2.27. The highest BCUT2D eigenvalue weighted by molar-refractivity contribution is 4.83. The molecule has 0 aromatic carbocycles. The second-order valence-corrected chi connectivity index (χ2v) is 7.11. The summed E-state index contributed by atoms with van der Waals surface area (Å²) >= 11 is 0. The molecule has 2 nitrogen and oxygen atoms in total. The van der Waals surface area contributed by atoms with Crippen LogP contribution in [0, 0.1) is 17.8 Å². The highest BCUT2D eigenvalue weighted by Gasteiger charge is 2.27. The molecule has 1 aliphatic carbocycles. The Kier molecular flexibility index (Phi) is 5.50. The van der Waals surface area contributed by atoms with Crippen molar-refractivity contribution >= 4 is 0 Å². The Balaban J connectivity index is 1.77. The van der Waals surface area contributed by atoms with Crippen LogP contribution >= 0.6 is 0 Å². The third-order valence-corrected chi connectivity index (χ3v) is 4.87. The van der Waals surface area contributed by atoms with Crippen LogP contribution in [0.3, 0.4) is 0 Å². The molecule has 2 unspecified atom stereocenters. The van der Waals surface area contributed by atoms with Crippen molar-refractivity contribution in [3.63, 3.8) is 0 Å². The Hall–Kier alpha value is -0.0800. The van der Waals surface area contributed by atoms with Crippen molar-refractivity contribution in [3.8, 4) is 0 Å². The molecule has 0 bridgehead atoms. The van der Waals surface area contributed by atoms with Gasteiger partial charge in [0.2, 0.25) is 0 Å². The molecule has 0 radical (unpaired) electrons. The first-order valence-electron chi connectivity index (χ1n) is 8.13. The summed E-state index contributed by atoms with van der Waals surface area (Å²) in [5.74, 6) is 2.57. The zero-order valence-electron chi connectivity index (χ0n) is 12.4. The standard InChI is InChI=1S/C16H32N2/c1-13(2)10-14-6-5-9-18(11-14)12-15-7-3-4-8-16(15)17/h13-16H,3-12,17H2,1-2H3/t14?,15-,16?/m0/s1. The fourth-order valence-corrected chi connectivity index (χ4v) is 3.97. The predicted molar refractivity (Wildman–Crippen MR) is 78.6 cm³/mol. The van der Waals surface area contributed by atoms with Crippen LogP contribution in [0.15, 0.2) is 0 Å². The molecule has 1 saturated carbocycles. The van der Waals surface area contributed by atoms with Crippen molar-refractivity contribution in [1.29, 1.82) is 0 Å². The van der Waals surface area contributed by atoms with Crippen molar-refractivity contribution in [2.75, 3.05) is 19.6 Å². The highest BCUT2D eigenvalue weighted by atomic mass is 15.1. The molecule has 2 heteroatoms. The number of hydrogen-bond acceptors (Lipinski definition) is 2. The Morgan fingerprint density at radius 3 is 2.61 bits per heavy atom. The summed E-state index contributed by atoms with van der Waals surface area (Å²) in [7, 11) is 0. The summed E-state index contributed by atoms with van der Waals surface area (Å²) in [6, 6.07) is 0.476. The van der Waals surface area contributed by atoms with Crippen molar-refractivity contribution in [2.24, 2.45) is 23.5 Å². The topological polar surface area (TPSA) is 29.3 Å². The molecule has 0 amide bonds. The molecule has 1 aliphatic heterocycles. The van der Waals surface area contributed by atoms with Gasteiger partial charge in [0.05, 0.1) is 0 Å². The molecule has 2 aliphatic rings. The Morgan fingerprint density at radius 1 is 1.11 bits per heavy atom. The molecule has 1 saturated heterocycles. The fraction of sp³-hybridized carbons (Fsp3) is 1.00. The van der Waals surface area contributed by atoms with Gasteiger partial charge in [0.1, 0.15) is 0 Å². The minimum absolute atomic E-state index is 0.476. The van der Waals surface area contributed by atoms with Crippen LogP contribution in [0.1, 0.15) is 58.8 Å². The van der Waals surface area contributed by atoms with Gasteiger partial charge in [0, 0.05) is 19.1 Å². The van der Waals surface area contributed by atoms with E-state index in [2.05, 4.69) is 18.7 Å². The van der Waals surface area contributed by atoms with Gasteiger partial charge in [0.15, 0.2) is 0 Å². The third-order valence-electron chi connectivity index (χ3n) is 4.87. The van der Waals surface area contributed by atoms with Crippen molar-refractivity contribution < 1.29 is 0 Å². The number of piperidine rings is 1. The quantitative estimate of drug-likeness (QED) is 0.832. The molecule has 2 N–H and O–H groups in total. The average molecular weight is 252 g/mol. The Bertz CT molecular complexity index is 239. The summed E-state index contributed by atoms with van der Waals surface area (Å²) in [6.07, 6.45) is 9.65. The smallest absolute Gasteiger partial charge is 0.00793 e. The lowest BCUT2D eigenvalue weighted by Crippen LogP contribution is -2.44. The predicted octanol–water partition coefficient (Wildman–Crippen LogP) is 3.26. The number of rotatable bonds is 4. The van der Waals surface area contributed by atoms with Crippen molar-refractivity contribution in [3.05, 3.63) is 0 Å². The second-order valence-electron chi connectivity index (χ2n) is 7.11. The van der Waals surface area contributed by atoms with Crippen LogP contribution in [-0.4, -0.2) is 30.6 Å². The first-order valence-corrected chi connectivity index (χ1v) is 8.13. The molecule has 106 valence electrons. The van der Waals surface area contributed by atoms with E-state index < -0.39 is 0 Å². The van der Waals surface area contributed by atoms with Gasteiger partial charge in [-0.15, -0.1) is 0 Å². The van der Waals surface area contributed by atoms with E-state index in [1.165, 1.54) is 64.6 Å². The first kappa shape index (κ1) is 14.3. The van der Waals surface area contributed by atoms with E-state index in [9.17, 15) is 0 Å². The molecule has 1 heterocycles. The lowest BCUT2D eigenvalue weighted by atomic mass is 9.83. The van der Waals surface area contributed by atoms with Gasteiger partial charge in [-0.2, -0.15) is 0 Å². The summed E-state index contributed by atoms with van der Waals surface area (Å²) in [4.78, 5) is 2.71. The Morgan fingerprint density at radius 2 is 1.89 bits per heavy atom. The number of nitrogens with zero attached hydrogens (tertiary/aromatic N) is 1. The molecule has 0 spiro atoms. The average Bonchev–Trinajstić information content (AvgIpc) is 2.32. The molecule has 0 aromatic rings. The van der Waals surface area contributed by atoms with E-state index in [1.54, 1.807) is 0 Å². The largest absolute Gasteiger partial charge is 0.327 e. The van der Waals surface area contributed by atoms with Crippen molar-refractivity contribution in [1.82, 2.24) is 4.90 Å². The summed E-state index contributed by atoms with van der Waals surface area (Å²) in [6.45, 7) is 8.64. The summed E-state index contributed by atoms with van der Waals surface area (Å²) in [5, 5.41) is 0. The van der Waals surface area contributed by atoms with Gasteiger partial charge in [0.25, 0.3) is 0 Å². The molecule has 18 heavy (non-hydrogen) atoms. The summed E-state index contributed by atoms with van der Waals surface area (Å²) in [5.41, 5.74) is 6.28. The fourth-order valence-electron chi connectivity index (χ4n) is 3.97. The van der Waals surface area contributed by atoms with E-state index in [0.717, 1.165) is 17.8 Å². The molecule has 3 atom stereocenters. The molecule has 0 aromatic heterocycles. The lowest BCUT2D eigenvalue weighted by molar-refractivity contribution is 0.120. The molecule has 2 fully saturated rings. The minimum Gasteiger partial charge on any atom is -0.327 e. The monoisotopic (exact) mass is 252 g/mol. The first-order chi connectivity index (χ1) is 8.65. The van der Waals surface area contributed by atoms with Crippen LogP contribution in [0.2, 0.25) is 0 Å². The van der Waals surface area contributed by atoms with E-state index in [1.807, 2.05) is 0 Å². The minimum atomic E-state index is 0.476. The maximum atomic E-state index is 6.28. The number of likely N-dealkylation sites (tertiary alicyclic amines) is 1. The van der Waals surface area contributed by atoms with Gasteiger partial charge >= 0.3 is 0 Å². The molecular formula is C16H32N2. The lowest BCUT2D eigenvalue weighted by Gasteiger charge is -2.38. The van der Waals surface area contributed by atoms with Crippen LogP contribution in [-0.2, 0) is 0 Å². The zero-order chi connectivity index (χ0) is 13.0. The zero-order valence-corrected chi connectivity index (χ0v) is 12.4. The van der Waals surface area contributed by atoms with E-state index >= 15 is 0 Å². The van der Waals surface area contributed by atoms with Gasteiger partial charge in [-0.1, -0.05) is 26.7 Å². The maximum Gasteiger partial charge on any atom is 0.00793 e. The van der Waals surface area contributed by atoms with Crippen molar-refractivity contribution in [2.45, 2.75) is 64.8 Å². The number of hydrogen-bond donors (Lipinski definition) is 1. The normalized spacial score (nSPS) is 35.0. The van der Waals surface area contributed by atoms with Gasteiger partial charge < -0.3 is 10.6 Å². The van der Waals surface area contributed by atoms with Crippen LogP contribution in [0.5, 0.6) is 0 Å². The van der Waals surface area contributed by atoms with E-state index in [4.69, 9.17) is 5.73 Å². The van der Waals surface area contributed by atoms with Gasteiger partial charge in [-0.05, 0) is 56.4 Å². The molecular weight excluding hydrogens is 220 g/mol. The van der Waals surface area contributed by atoms with Crippen LogP contribution in [0.4, 0.5) is 0 Å². The molecule has 2 rings (SSSR count). The van der Waals surface area contributed by atoms with E-state index in [0.29, 0.717) is 6.04 Å². The number of nitrogens with two attached hydrogens (primary N) is 1. The van der Waals surface area contributed by atoms with Crippen LogP contribution in [0.25, 0.3) is 0 Å². The van der Waals surface area contributed by atoms with Gasteiger partial charge in [-0.25, -0.2) is 0 Å². The SMILES string of the molecule is CC(C)CC1CCCN(C[C@@H]2CCCCC2N)C1. The third kappa shape index (κ3) is 4.24. The van der Waals surface area contributed by atoms with Crippen LogP contribution < -0.4 is 5.73 Å². The van der Waals surface area contributed by atoms with E-state index in [-0.39, 0.29) is 0 Å². The summed E-state index contributed by atoms with van der Waals surface area (Å²) < 4.78 is 0. The maximum absolute atomic E-state index is 6.28.